The van der Waals surface area contributed by atoms with Crippen LogP contribution in [-0.2, 0) is 32.7 Å². The molecule has 0 aliphatic carbocycles. The molecule has 0 atom stereocenters. The maximum atomic E-state index is 13.8. The molecule has 0 saturated carbocycles. The molecule has 1 aromatic carbocycles. The standard InChI is InChI=1S/C15H11BrF4NO.Y/c1-8-10(16)3-4-13(21(8)7-14(19)20)9-5-11(17)15(22-2)12(18)6-9;/h3,5-6,14H,1,7H2,2H3;/q-1;. The molecule has 0 spiro atoms. The van der Waals surface area contributed by atoms with Crippen LogP contribution in [0.15, 0.2) is 35.0 Å². The Morgan fingerprint density at radius 2 is 1.87 bits per heavy atom. The number of nitrogens with zero attached hydrogens (tertiary/aromatic N) is 1. The van der Waals surface area contributed by atoms with Crippen molar-refractivity contribution in [1.82, 2.24) is 4.90 Å². The van der Waals surface area contributed by atoms with Crippen LogP contribution in [-0.4, -0.2) is 25.0 Å². The maximum Gasteiger partial charge on any atom is 0.256 e. The summed E-state index contributed by atoms with van der Waals surface area (Å²) < 4.78 is 58.2. The monoisotopic (exact) mass is 465 g/mol. The van der Waals surface area contributed by atoms with Crippen LogP contribution in [0.4, 0.5) is 17.6 Å². The second kappa shape index (κ2) is 8.44. The van der Waals surface area contributed by atoms with Gasteiger partial charge in [0.2, 0.25) is 0 Å². The van der Waals surface area contributed by atoms with Crippen molar-refractivity contribution in [2.45, 2.75) is 6.43 Å². The minimum Gasteiger partial charge on any atom is -0.491 e. The number of ether oxygens (including phenoxy) is 1. The minimum atomic E-state index is -2.65. The molecule has 1 radical (unpaired) electrons. The van der Waals surface area contributed by atoms with Crippen molar-refractivity contribution in [1.29, 1.82) is 0 Å². The summed E-state index contributed by atoms with van der Waals surface area (Å²) in [6, 6.07) is 2.01. The SMILES string of the molecule is C=C1C(Br)=C[C-]=C(c2cc(F)c(OC)c(F)c2)N1CC(F)F.[Y]. The van der Waals surface area contributed by atoms with Crippen LogP contribution in [0.25, 0.3) is 5.70 Å². The van der Waals surface area contributed by atoms with Gasteiger partial charge in [-0.25, -0.2) is 17.6 Å². The third-order valence-corrected chi connectivity index (χ3v) is 3.69. The van der Waals surface area contributed by atoms with Gasteiger partial charge in [0.05, 0.1) is 13.7 Å². The van der Waals surface area contributed by atoms with Crippen LogP contribution >= 0.6 is 15.9 Å². The fraction of sp³-hybridized carbons (Fsp3) is 0.200. The number of allylic oxidation sites excluding steroid dienone is 3. The van der Waals surface area contributed by atoms with E-state index >= 15 is 0 Å². The number of benzene rings is 1. The first kappa shape index (κ1) is 20.4. The number of rotatable bonds is 4. The van der Waals surface area contributed by atoms with E-state index in [9.17, 15) is 17.6 Å². The van der Waals surface area contributed by atoms with Gasteiger partial charge in [-0.3, -0.25) is 0 Å². The summed E-state index contributed by atoms with van der Waals surface area (Å²) in [6.45, 7) is 3.02. The summed E-state index contributed by atoms with van der Waals surface area (Å²) in [5.41, 5.74) is 0.425. The van der Waals surface area contributed by atoms with Gasteiger partial charge in [-0.1, -0.05) is 34.5 Å². The Bertz CT molecular complexity index is 652. The van der Waals surface area contributed by atoms with E-state index in [-0.39, 0.29) is 49.7 Å². The number of hydrogen-bond acceptors (Lipinski definition) is 2. The van der Waals surface area contributed by atoms with Gasteiger partial charge >= 0.3 is 0 Å². The van der Waals surface area contributed by atoms with Gasteiger partial charge in [0.1, 0.15) is 0 Å². The number of hydrogen-bond donors (Lipinski definition) is 0. The van der Waals surface area contributed by atoms with E-state index in [1.165, 1.54) is 6.08 Å². The molecule has 0 N–H and O–H groups in total. The van der Waals surface area contributed by atoms with E-state index < -0.39 is 30.4 Å². The molecule has 1 aliphatic rings. The van der Waals surface area contributed by atoms with Gasteiger partial charge in [0.15, 0.2) is 17.4 Å². The Kier molecular flexibility index (Phi) is 7.49. The average Bonchev–Trinajstić information content (AvgIpc) is 2.43. The van der Waals surface area contributed by atoms with E-state index in [1.54, 1.807) is 0 Å². The fourth-order valence-corrected chi connectivity index (χ4v) is 2.36. The number of alkyl halides is 2. The molecule has 1 heterocycles. The van der Waals surface area contributed by atoms with Gasteiger partial charge in [0, 0.05) is 32.7 Å². The Hall–Kier alpha value is -0.656. The molecule has 0 fully saturated rings. The fourth-order valence-electron chi connectivity index (χ4n) is 2.03. The topological polar surface area (TPSA) is 12.5 Å². The van der Waals surface area contributed by atoms with Crippen molar-refractivity contribution in [3.8, 4) is 5.75 Å². The number of halogens is 5. The van der Waals surface area contributed by atoms with Crippen LogP contribution in [0.5, 0.6) is 5.75 Å². The Balaban J connectivity index is 0.00000264. The van der Waals surface area contributed by atoms with Crippen LogP contribution < -0.4 is 4.74 Å². The summed E-state index contributed by atoms with van der Waals surface area (Å²) in [7, 11) is 1.14. The van der Waals surface area contributed by atoms with Crippen molar-refractivity contribution in [3.05, 3.63) is 58.2 Å². The molecule has 1 aliphatic heterocycles. The minimum absolute atomic E-state index is 0. The van der Waals surface area contributed by atoms with E-state index in [0.717, 1.165) is 24.1 Å². The first-order valence-corrected chi connectivity index (χ1v) is 6.92. The summed E-state index contributed by atoms with van der Waals surface area (Å²) in [5, 5.41) is 0. The van der Waals surface area contributed by atoms with E-state index in [4.69, 9.17) is 0 Å². The van der Waals surface area contributed by atoms with Gasteiger partial charge in [0.25, 0.3) is 6.43 Å². The smallest absolute Gasteiger partial charge is 0.256 e. The van der Waals surface area contributed by atoms with Gasteiger partial charge in [-0.15, -0.1) is 15.9 Å². The molecule has 0 saturated heterocycles. The third-order valence-electron chi connectivity index (χ3n) is 3.00. The Labute approximate surface area is 164 Å². The van der Waals surface area contributed by atoms with Crippen molar-refractivity contribution in [2.75, 3.05) is 13.7 Å². The van der Waals surface area contributed by atoms with Crippen molar-refractivity contribution < 1.29 is 55.0 Å². The van der Waals surface area contributed by atoms with Crippen LogP contribution in [0.1, 0.15) is 5.56 Å². The first-order chi connectivity index (χ1) is 10.3. The predicted molar refractivity (Wildman–Crippen MR) is 78.4 cm³/mol. The van der Waals surface area contributed by atoms with E-state index in [1.807, 2.05) is 0 Å². The summed E-state index contributed by atoms with van der Waals surface area (Å²) in [5.74, 6) is -2.39. The molecule has 0 aromatic heterocycles. The van der Waals surface area contributed by atoms with Gasteiger partial charge < -0.3 is 9.64 Å². The zero-order chi connectivity index (χ0) is 16.4. The molecule has 2 rings (SSSR count). The van der Waals surface area contributed by atoms with Crippen LogP contribution in [0.3, 0.4) is 0 Å². The third kappa shape index (κ3) is 4.45. The maximum absolute atomic E-state index is 13.8. The van der Waals surface area contributed by atoms with Crippen LogP contribution in [0.2, 0.25) is 0 Å². The summed E-state index contributed by atoms with van der Waals surface area (Å²) >= 11 is 3.17. The molecule has 2 nitrogen and oxygen atoms in total. The molecule has 0 bridgehead atoms. The van der Waals surface area contributed by atoms with Gasteiger partial charge in [-0.2, -0.15) is 12.2 Å². The van der Waals surface area contributed by atoms with Crippen molar-refractivity contribution in [2.24, 2.45) is 0 Å². The quantitative estimate of drug-likeness (QED) is 0.480. The molecular formula is C15H11BrF4NOY-. The predicted octanol–water partition coefficient (Wildman–Crippen LogP) is 4.49. The number of methoxy groups -OCH3 is 1. The van der Waals surface area contributed by atoms with Crippen molar-refractivity contribution in [3.63, 3.8) is 0 Å². The summed E-state index contributed by atoms with van der Waals surface area (Å²) in [6.07, 6.45) is 1.53. The first-order valence-electron chi connectivity index (χ1n) is 6.12. The molecular weight excluding hydrogens is 455 g/mol. The van der Waals surface area contributed by atoms with Crippen molar-refractivity contribution >= 4 is 21.6 Å². The van der Waals surface area contributed by atoms with Crippen LogP contribution in [0, 0.1) is 17.7 Å². The zero-order valence-corrected chi connectivity index (χ0v) is 16.5. The van der Waals surface area contributed by atoms with Gasteiger partial charge in [-0.05, 0) is 5.70 Å². The Morgan fingerprint density at radius 3 is 2.35 bits per heavy atom. The molecule has 8 heteroatoms. The molecule has 23 heavy (non-hydrogen) atoms. The largest absolute Gasteiger partial charge is 0.491 e. The second-order valence-electron chi connectivity index (χ2n) is 4.41. The molecule has 121 valence electrons. The Morgan fingerprint density at radius 1 is 1.30 bits per heavy atom. The average molecular weight is 466 g/mol. The molecule has 0 unspecified atom stereocenters. The van der Waals surface area contributed by atoms with E-state index in [2.05, 4.69) is 33.3 Å². The zero-order valence-electron chi connectivity index (χ0n) is 12.0. The molecule has 0 amide bonds. The van der Waals surface area contributed by atoms with E-state index in [0.29, 0.717) is 4.48 Å². The molecule has 1 aromatic rings. The normalized spacial score (nSPS) is 14.4. The summed E-state index contributed by atoms with van der Waals surface area (Å²) in [4.78, 5) is 1.15. The second-order valence-corrected chi connectivity index (χ2v) is 5.26.